The Morgan fingerprint density at radius 2 is 2.06 bits per heavy atom. The summed E-state index contributed by atoms with van der Waals surface area (Å²) in [4.78, 5) is 20.7. The molecular weight excluding hydrogens is 248 g/mol. The van der Waals surface area contributed by atoms with Crippen molar-refractivity contribution in [2.75, 3.05) is 11.9 Å². The van der Waals surface area contributed by atoms with Gasteiger partial charge in [-0.25, -0.2) is 9.18 Å². The normalized spacial score (nSPS) is 9.94. The summed E-state index contributed by atoms with van der Waals surface area (Å²) in [6, 6.07) is 0.278. The molecule has 1 aromatic carbocycles. The smallest absolute Gasteiger partial charge is 0.319 e. The van der Waals surface area contributed by atoms with Crippen molar-refractivity contribution in [3.63, 3.8) is 0 Å². The van der Waals surface area contributed by atoms with E-state index in [0.29, 0.717) is 25.1 Å². The van der Waals surface area contributed by atoms with E-state index in [1.807, 2.05) is 6.92 Å². The topological polar surface area (TPSA) is 84.3 Å². The maximum atomic E-state index is 13.3. The summed E-state index contributed by atoms with van der Waals surface area (Å²) < 4.78 is 26.3. The minimum Gasteiger partial charge on any atom is -0.338 e. The molecule has 0 radical (unpaired) electrons. The van der Waals surface area contributed by atoms with E-state index < -0.39 is 34.0 Å². The maximum absolute atomic E-state index is 13.3. The third-order valence-corrected chi connectivity index (χ3v) is 2.02. The van der Waals surface area contributed by atoms with Gasteiger partial charge in [-0.2, -0.15) is 4.39 Å². The minimum atomic E-state index is -1.29. The number of nitrogens with one attached hydrogen (secondary N) is 2. The molecule has 0 aliphatic heterocycles. The highest BCUT2D eigenvalue weighted by Crippen LogP contribution is 2.24. The van der Waals surface area contributed by atoms with Crippen molar-refractivity contribution >= 4 is 17.4 Å². The molecule has 98 valence electrons. The van der Waals surface area contributed by atoms with E-state index >= 15 is 0 Å². The molecule has 6 nitrogen and oxygen atoms in total. The molecule has 1 aromatic rings. The number of hydrogen-bond acceptors (Lipinski definition) is 3. The molecule has 2 N–H and O–H groups in total. The Balaban J connectivity index is 2.92. The van der Waals surface area contributed by atoms with Crippen molar-refractivity contribution in [3.05, 3.63) is 33.9 Å². The van der Waals surface area contributed by atoms with Crippen LogP contribution in [-0.4, -0.2) is 17.5 Å². The quantitative estimate of drug-likeness (QED) is 0.643. The van der Waals surface area contributed by atoms with Crippen molar-refractivity contribution in [1.29, 1.82) is 0 Å². The van der Waals surface area contributed by atoms with Gasteiger partial charge in [0.15, 0.2) is 0 Å². The van der Waals surface area contributed by atoms with E-state index in [9.17, 15) is 23.7 Å². The molecule has 0 atom stereocenters. The second-order valence-corrected chi connectivity index (χ2v) is 3.42. The molecule has 8 heteroatoms. The first kappa shape index (κ1) is 13.8. The molecule has 0 saturated heterocycles. The second-order valence-electron chi connectivity index (χ2n) is 3.42. The van der Waals surface area contributed by atoms with Crippen molar-refractivity contribution in [2.45, 2.75) is 13.3 Å². The molecule has 0 fully saturated rings. The summed E-state index contributed by atoms with van der Waals surface area (Å²) >= 11 is 0. The minimum absolute atomic E-state index is 0.355. The van der Waals surface area contributed by atoms with Crippen LogP contribution in [0.4, 0.5) is 25.0 Å². The van der Waals surface area contributed by atoms with Gasteiger partial charge < -0.3 is 10.6 Å². The van der Waals surface area contributed by atoms with E-state index in [1.54, 1.807) is 0 Å². The molecule has 0 aliphatic rings. The van der Waals surface area contributed by atoms with Gasteiger partial charge in [-0.05, 0) is 6.42 Å². The third kappa shape index (κ3) is 3.37. The fourth-order valence-corrected chi connectivity index (χ4v) is 1.18. The number of amides is 2. The van der Waals surface area contributed by atoms with Crippen LogP contribution in [0, 0.1) is 21.7 Å². The lowest BCUT2D eigenvalue weighted by molar-refractivity contribution is -0.387. The highest BCUT2D eigenvalue weighted by molar-refractivity contribution is 5.89. The summed E-state index contributed by atoms with van der Waals surface area (Å²) in [5.74, 6) is -2.37. The van der Waals surface area contributed by atoms with Gasteiger partial charge in [0.1, 0.15) is 5.82 Å². The lowest BCUT2D eigenvalue weighted by Crippen LogP contribution is -2.29. The van der Waals surface area contributed by atoms with Gasteiger partial charge in [-0.15, -0.1) is 0 Å². The Morgan fingerprint density at radius 3 is 2.61 bits per heavy atom. The number of urea groups is 1. The zero-order valence-corrected chi connectivity index (χ0v) is 9.50. The van der Waals surface area contributed by atoms with E-state index in [4.69, 9.17) is 0 Å². The standard InChI is InChI=1S/C10H11F2N3O3/c1-2-3-13-10(16)14-8-5-9(15(17)18)7(12)4-6(8)11/h4-5H,2-3H2,1H3,(H2,13,14,16). The fraction of sp³-hybridized carbons (Fsp3) is 0.300. The zero-order valence-electron chi connectivity index (χ0n) is 9.50. The zero-order chi connectivity index (χ0) is 13.7. The van der Waals surface area contributed by atoms with Gasteiger partial charge in [-0.3, -0.25) is 10.1 Å². The molecule has 18 heavy (non-hydrogen) atoms. The van der Waals surface area contributed by atoms with Crippen LogP contribution in [0.1, 0.15) is 13.3 Å². The molecule has 0 saturated carbocycles. The molecule has 0 aromatic heterocycles. The lowest BCUT2D eigenvalue weighted by Gasteiger charge is -2.07. The molecule has 0 bridgehead atoms. The number of nitro groups is 1. The Kier molecular flexibility index (Phi) is 4.52. The SMILES string of the molecule is CCCNC(=O)Nc1cc([N+](=O)[O-])c(F)cc1F. The Bertz CT molecular complexity index is 480. The van der Waals surface area contributed by atoms with E-state index in [1.165, 1.54) is 0 Å². The van der Waals surface area contributed by atoms with Crippen LogP contribution in [-0.2, 0) is 0 Å². The molecule has 0 heterocycles. The fourth-order valence-electron chi connectivity index (χ4n) is 1.18. The molecule has 0 spiro atoms. The van der Waals surface area contributed by atoms with Crippen LogP contribution in [0.25, 0.3) is 0 Å². The largest absolute Gasteiger partial charge is 0.338 e. The lowest BCUT2D eigenvalue weighted by atomic mass is 10.2. The number of hydrogen-bond donors (Lipinski definition) is 2. The van der Waals surface area contributed by atoms with Crippen LogP contribution < -0.4 is 10.6 Å². The van der Waals surface area contributed by atoms with Crippen LogP contribution in [0.5, 0.6) is 0 Å². The molecule has 0 unspecified atom stereocenters. The Hall–Kier alpha value is -2.25. The van der Waals surface area contributed by atoms with Crippen LogP contribution >= 0.6 is 0 Å². The van der Waals surface area contributed by atoms with Crippen LogP contribution in [0.15, 0.2) is 12.1 Å². The van der Waals surface area contributed by atoms with Gasteiger partial charge >= 0.3 is 11.7 Å². The summed E-state index contributed by atoms with van der Waals surface area (Å²) in [5.41, 5.74) is -1.35. The average Bonchev–Trinajstić information content (AvgIpc) is 2.29. The number of carbonyl (C=O) groups excluding carboxylic acids is 1. The highest BCUT2D eigenvalue weighted by Gasteiger charge is 2.19. The van der Waals surface area contributed by atoms with Crippen molar-refractivity contribution in [3.8, 4) is 0 Å². The Labute approximate surface area is 101 Å². The first-order valence-corrected chi connectivity index (χ1v) is 5.14. The van der Waals surface area contributed by atoms with Crippen molar-refractivity contribution in [1.82, 2.24) is 5.32 Å². The molecule has 1 rings (SSSR count). The van der Waals surface area contributed by atoms with E-state index in [2.05, 4.69) is 10.6 Å². The van der Waals surface area contributed by atoms with Crippen molar-refractivity contribution < 1.29 is 18.5 Å². The third-order valence-electron chi connectivity index (χ3n) is 2.02. The summed E-state index contributed by atoms with van der Waals surface area (Å²) in [5, 5.41) is 14.9. The average molecular weight is 259 g/mol. The number of carbonyl (C=O) groups is 1. The van der Waals surface area contributed by atoms with E-state index in [-0.39, 0.29) is 0 Å². The van der Waals surface area contributed by atoms with Crippen LogP contribution in [0.3, 0.4) is 0 Å². The monoisotopic (exact) mass is 259 g/mol. The van der Waals surface area contributed by atoms with Gasteiger partial charge in [0.25, 0.3) is 0 Å². The number of halogens is 2. The second kappa shape index (κ2) is 5.89. The summed E-state index contributed by atoms with van der Waals surface area (Å²) in [6.07, 6.45) is 0.680. The van der Waals surface area contributed by atoms with Gasteiger partial charge in [0.05, 0.1) is 10.6 Å². The number of anilines is 1. The number of benzene rings is 1. The maximum Gasteiger partial charge on any atom is 0.319 e. The van der Waals surface area contributed by atoms with Crippen LogP contribution in [0.2, 0.25) is 0 Å². The number of rotatable bonds is 4. The first-order valence-electron chi connectivity index (χ1n) is 5.14. The Morgan fingerprint density at radius 1 is 1.39 bits per heavy atom. The van der Waals surface area contributed by atoms with Gasteiger partial charge in [-0.1, -0.05) is 6.92 Å². The highest BCUT2D eigenvalue weighted by atomic mass is 19.1. The molecule has 2 amide bonds. The first-order chi connectivity index (χ1) is 8.45. The van der Waals surface area contributed by atoms with Crippen molar-refractivity contribution in [2.24, 2.45) is 0 Å². The molecular formula is C10H11F2N3O3. The van der Waals surface area contributed by atoms with Gasteiger partial charge in [0.2, 0.25) is 5.82 Å². The van der Waals surface area contributed by atoms with E-state index in [0.717, 1.165) is 0 Å². The summed E-state index contributed by atoms with van der Waals surface area (Å²) in [6.45, 7) is 2.19. The number of nitrogens with zero attached hydrogens (tertiary/aromatic N) is 1. The molecule has 0 aliphatic carbocycles. The predicted octanol–water partition coefficient (Wildman–Crippen LogP) is 2.40. The number of nitro benzene ring substituents is 1. The summed E-state index contributed by atoms with van der Waals surface area (Å²) in [7, 11) is 0. The predicted molar refractivity (Wildman–Crippen MR) is 60.3 cm³/mol. The van der Waals surface area contributed by atoms with Gasteiger partial charge in [0, 0.05) is 18.7 Å².